The van der Waals surface area contributed by atoms with Gasteiger partial charge in [-0.3, -0.25) is 14.9 Å². The molecule has 0 N–H and O–H groups in total. The Kier molecular flexibility index (Phi) is 5.26. The first-order chi connectivity index (χ1) is 11.4. The first kappa shape index (κ1) is 17.1. The highest BCUT2D eigenvalue weighted by Gasteiger charge is 2.16. The lowest BCUT2D eigenvalue weighted by molar-refractivity contribution is -0.384. The van der Waals surface area contributed by atoms with Gasteiger partial charge in [0, 0.05) is 17.7 Å². The second-order valence-electron chi connectivity index (χ2n) is 4.97. The summed E-state index contributed by atoms with van der Waals surface area (Å²) in [7, 11) is 1.23. The lowest BCUT2D eigenvalue weighted by Gasteiger charge is -2.10. The number of rotatable bonds is 6. The summed E-state index contributed by atoms with van der Waals surface area (Å²) in [6.07, 6.45) is 0. The van der Waals surface area contributed by atoms with E-state index in [0.717, 1.165) is 5.56 Å². The monoisotopic (exact) mass is 329 g/mol. The Morgan fingerprint density at radius 2 is 1.75 bits per heavy atom. The van der Waals surface area contributed by atoms with Gasteiger partial charge in [-0.05, 0) is 42.8 Å². The van der Waals surface area contributed by atoms with Crippen LogP contribution in [0.3, 0.4) is 0 Å². The van der Waals surface area contributed by atoms with Crippen molar-refractivity contribution in [1.29, 1.82) is 0 Å². The summed E-state index contributed by atoms with van der Waals surface area (Å²) in [6, 6.07) is 10.5. The fourth-order valence-corrected chi connectivity index (χ4v) is 2.08. The summed E-state index contributed by atoms with van der Waals surface area (Å²) < 4.78 is 10.2. The molecule has 124 valence electrons. The Labute approximate surface area is 138 Å². The molecule has 0 aliphatic rings. The van der Waals surface area contributed by atoms with Crippen LogP contribution in [0.4, 0.5) is 5.69 Å². The minimum atomic E-state index is -0.624. The van der Waals surface area contributed by atoms with Gasteiger partial charge in [-0.1, -0.05) is 0 Å². The summed E-state index contributed by atoms with van der Waals surface area (Å²) in [5.74, 6) is -0.489. The summed E-state index contributed by atoms with van der Waals surface area (Å²) in [6.45, 7) is 1.53. The lowest BCUT2D eigenvalue weighted by Crippen LogP contribution is -2.09. The third-order valence-electron chi connectivity index (χ3n) is 3.33. The number of nitrogens with zero attached hydrogens (tertiary/aromatic N) is 1. The standard InChI is InChI=1S/C17H15NO6/c1-11(19)15-8-7-14(9-16(15)17(20)23-2)24-10-12-3-5-13(6-4-12)18(21)22/h3-9H,10H2,1-2H3. The van der Waals surface area contributed by atoms with E-state index in [4.69, 9.17) is 4.74 Å². The molecule has 0 aromatic heterocycles. The van der Waals surface area contributed by atoms with Crippen molar-refractivity contribution in [2.75, 3.05) is 7.11 Å². The molecule has 0 atom stereocenters. The van der Waals surface area contributed by atoms with Crippen LogP contribution in [0.1, 0.15) is 33.2 Å². The first-order valence-electron chi connectivity index (χ1n) is 7.02. The van der Waals surface area contributed by atoms with E-state index < -0.39 is 10.9 Å². The van der Waals surface area contributed by atoms with E-state index in [-0.39, 0.29) is 29.2 Å². The molecule has 0 aliphatic carbocycles. The Morgan fingerprint density at radius 1 is 1.08 bits per heavy atom. The van der Waals surface area contributed by atoms with E-state index >= 15 is 0 Å². The zero-order valence-corrected chi connectivity index (χ0v) is 13.1. The van der Waals surface area contributed by atoms with Crippen LogP contribution in [0.2, 0.25) is 0 Å². The maximum atomic E-state index is 11.8. The van der Waals surface area contributed by atoms with Gasteiger partial charge in [0.15, 0.2) is 5.78 Å². The number of hydrogen-bond acceptors (Lipinski definition) is 6. The maximum Gasteiger partial charge on any atom is 0.338 e. The smallest absolute Gasteiger partial charge is 0.338 e. The predicted molar refractivity (Wildman–Crippen MR) is 85.2 cm³/mol. The molecule has 0 saturated carbocycles. The van der Waals surface area contributed by atoms with Crippen molar-refractivity contribution in [3.05, 3.63) is 69.3 Å². The van der Waals surface area contributed by atoms with Gasteiger partial charge in [0.05, 0.1) is 17.6 Å². The number of ketones is 1. The van der Waals surface area contributed by atoms with Gasteiger partial charge in [-0.2, -0.15) is 0 Å². The average molecular weight is 329 g/mol. The Morgan fingerprint density at radius 3 is 2.29 bits per heavy atom. The number of carbonyl (C=O) groups excluding carboxylic acids is 2. The summed E-state index contributed by atoms with van der Waals surface area (Å²) in [5.41, 5.74) is 1.11. The van der Waals surface area contributed by atoms with Gasteiger partial charge in [-0.25, -0.2) is 4.79 Å². The normalized spacial score (nSPS) is 10.1. The van der Waals surface area contributed by atoms with Gasteiger partial charge < -0.3 is 9.47 Å². The van der Waals surface area contributed by atoms with Gasteiger partial charge in [0.25, 0.3) is 5.69 Å². The number of nitro groups is 1. The van der Waals surface area contributed by atoms with Crippen molar-refractivity contribution < 1.29 is 24.0 Å². The topological polar surface area (TPSA) is 95.7 Å². The van der Waals surface area contributed by atoms with Crippen molar-refractivity contribution in [1.82, 2.24) is 0 Å². The molecule has 7 heteroatoms. The van der Waals surface area contributed by atoms with E-state index in [2.05, 4.69) is 4.74 Å². The molecule has 0 unspecified atom stereocenters. The average Bonchev–Trinajstić information content (AvgIpc) is 2.59. The largest absolute Gasteiger partial charge is 0.489 e. The highest BCUT2D eigenvalue weighted by Crippen LogP contribution is 2.21. The molecule has 0 saturated heterocycles. The number of non-ortho nitro benzene ring substituents is 1. The van der Waals surface area contributed by atoms with E-state index in [1.165, 1.54) is 38.3 Å². The molecule has 0 fully saturated rings. The van der Waals surface area contributed by atoms with Gasteiger partial charge >= 0.3 is 5.97 Å². The second-order valence-corrected chi connectivity index (χ2v) is 4.97. The van der Waals surface area contributed by atoms with Crippen LogP contribution in [-0.2, 0) is 11.3 Å². The van der Waals surface area contributed by atoms with Gasteiger partial charge in [0.1, 0.15) is 12.4 Å². The van der Waals surface area contributed by atoms with Crippen LogP contribution in [0.15, 0.2) is 42.5 Å². The fraction of sp³-hybridized carbons (Fsp3) is 0.176. The van der Waals surface area contributed by atoms with Crippen molar-refractivity contribution >= 4 is 17.4 Å². The second kappa shape index (κ2) is 7.36. The molecule has 2 aromatic carbocycles. The molecule has 0 aliphatic heterocycles. The zero-order chi connectivity index (χ0) is 17.7. The van der Waals surface area contributed by atoms with Crippen LogP contribution >= 0.6 is 0 Å². The first-order valence-corrected chi connectivity index (χ1v) is 7.02. The van der Waals surface area contributed by atoms with Crippen LogP contribution in [-0.4, -0.2) is 23.8 Å². The van der Waals surface area contributed by atoms with Crippen LogP contribution < -0.4 is 4.74 Å². The lowest BCUT2D eigenvalue weighted by atomic mass is 10.0. The number of benzene rings is 2. The Bertz CT molecular complexity index is 782. The number of methoxy groups -OCH3 is 1. The summed E-state index contributed by atoms with van der Waals surface area (Å²) in [5, 5.41) is 10.6. The molecular weight excluding hydrogens is 314 g/mol. The number of carbonyl (C=O) groups is 2. The molecule has 2 rings (SSSR count). The number of Topliss-reactive ketones (excluding diaryl/α,β-unsaturated/α-hetero) is 1. The molecule has 7 nitrogen and oxygen atoms in total. The molecule has 24 heavy (non-hydrogen) atoms. The molecule has 0 amide bonds. The Hall–Kier alpha value is -3.22. The number of esters is 1. The van der Waals surface area contributed by atoms with Crippen LogP contribution in [0, 0.1) is 10.1 Å². The minimum absolute atomic E-state index is 0.00228. The van der Waals surface area contributed by atoms with Gasteiger partial charge in [-0.15, -0.1) is 0 Å². The van der Waals surface area contributed by atoms with E-state index in [1.54, 1.807) is 18.2 Å². The minimum Gasteiger partial charge on any atom is -0.489 e. The van der Waals surface area contributed by atoms with Crippen LogP contribution in [0.5, 0.6) is 5.75 Å². The number of nitro benzene ring substituents is 1. The molecule has 0 heterocycles. The van der Waals surface area contributed by atoms with Crippen molar-refractivity contribution in [3.8, 4) is 5.75 Å². The summed E-state index contributed by atoms with van der Waals surface area (Å²) in [4.78, 5) is 33.5. The van der Waals surface area contributed by atoms with E-state index in [9.17, 15) is 19.7 Å². The predicted octanol–water partition coefficient (Wildman–Crippen LogP) is 3.16. The maximum absolute atomic E-state index is 11.8. The van der Waals surface area contributed by atoms with E-state index in [0.29, 0.717) is 5.75 Å². The highest BCUT2D eigenvalue weighted by molar-refractivity contribution is 6.05. The number of hydrogen-bond donors (Lipinski definition) is 0. The molecule has 2 aromatic rings. The number of ether oxygens (including phenoxy) is 2. The Balaban J connectivity index is 2.16. The third-order valence-corrected chi connectivity index (χ3v) is 3.33. The van der Waals surface area contributed by atoms with Crippen molar-refractivity contribution in [3.63, 3.8) is 0 Å². The van der Waals surface area contributed by atoms with Gasteiger partial charge in [0.2, 0.25) is 0 Å². The zero-order valence-electron chi connectivity index (χ0n) is 13.1. The highest BCUT2D eigenvalue weighted by atomic mass is 16.6. The molecule has 0 spiro atoms. The van der Waals surface area contributed by atoms with Crippen molar-refractivity contribution in [2.24, 2.45) is 0 Å². The summed E-state index contributed by atoms with van der Waals surface area (Å²) >= 11 is 0. The third kappa shape index (κ3) is 3.95. The molecule has 0 radical (unpaired) electrons. The van der Waals surface area contributed by atoms with Crippen molar-refractivity contribution in [2.45, 2.75) is 13.5 Å². The van der Waals surface area contributed by atoms with E-state index in [1.807, 2.05) is 0 Å². The quantitative estimate of drug-likeness (QED) is 0.349. The fourth-order valence-electron chi connectivity index (χ4n) is 2.08. The SMILES string of the molecule is COC(=O)c1cc(OCc2ccc([N+](=O)[O-])cc2)ccc1C(C)=O. The molecule has 0 bridgehead atoms. The van der Waals surface area contributed by atoms with Crippen LogP contribution in [0.25, 0.3) is 0 Å². The molecular formula is C17H15NO6.